The number of carboxylic acids is 1. The Morgan fingerprint density at radius 3 is 2.26 bits per heavy atom. The summed E-state index contributed by atoms with van der Waals surface area (Å²) in [5.41, 5.74) is 1.89. The maximum Gasteiger partial charge on any atom is 0.326 e. The Hall–Kier alpha value is -2.95. The molecule has 2 aromatic carbocycles. The van der Waals surface area contributed by atoms with Gasteiger partial charge in [0.15, 0.2) is 0 Å². The van der Waals surface area contributed by atoms with Crippen LogP contribution in [0, 0.1) is 5.41 Å². The second-order valence-corrected chi connectivity index (χ2v) is 10.4. The molecule has 0 saturated carbocycles. The molecule has 0 radical (unpaired) electrons. The number of carboxylic acid groups (broad SMARTS) is 1. The summed E-state index contributed by atoms with van der Waals surface area (Å²) in [5, 5.41) is 9.47. The molecule has 1 N–H and O–H groups in total. The van der Waals surface area contributed by atoms with E-state index in [9.17, 15) is 19.5 Å². The molecule has 35 heavy (non-hydrogen) atoms. The number of carbonyl (C=O) groups excluding carboxylic acids is 2. The molecule has 5 heteroatoms. The van der Waals surface area contributed by atoms with Crippen molar-refractivity contribution in [2.75, 3.05) is 6.54 Å². The van der Waals surface area contributed by atoms with Crippen LogP contribution in [0.4, 0.5) is 0 Å². The van der Waals surface area contributed by atoms with Gasteiger partial charge in [-0.05, 0) is 62.0 Å². The van der Waals surface area contributed by atoms with Crippen LogP contribution in [0.3, 0.4) is 0 Å². The van der Waals surface area contributed by atoms with Gasteiger partial charge in [-0.2, -0.15) is 0 Å². The summed E-state index contributed by atoms with van der Waals surface area (Å²) in [4.78, 5) is 38.8. The van der Waals surface area contributed by atoms with Gasteiger partial charge in [-0.25, -0.2) is 4.79 Å². The van der Waals surface area contributed by atoms with Crippen LogP contribution in [-0.2, 0) is 20.8 Å². The first-order chi connectivity index (χ1) is 16.8. The van der Waals surface area contributed by atoms with Crippen molar-refractivity contribution in [2.45, 2.75) is 83.6 Å². The minimum atomic E-state index is -1.02. The van der Waals surface area contributed by atoms with Gasteiger partial charge in [0, 0.05) is 12.0 Å². The molecule has 2 aromatic rings. The Balaban J connectivity index is 1.54. The number of nitrogens with zero attached hydrogens (tertiary/aromatic N) is 1. The van der Waals surface area contributed by atoms with E-state index in [1.54, 1.807) is 0 Å². The SMILES string of the molecule is CC(C)(CCCCC(CCc1ccccc1)c1ccccc1)C(=O)C(=O)N1CCCCC1C(=O)O. The average molecular weight is 478 g/mol. The lowest BCUT2D eigenvalue weighted by molar-refractivity contribution is -0.158. The topological polar surface area (TPSA) is 74.7 Å². The third-order valence-corrected chi connectivity index (χ3v) is 7.36. The third-order valence-electron chi connectivity index (χ3n) is 7.36. The van der Waals surface area contributed by atoms with Gasteiger partial charge in [-0.15, -0.1) is 0 Å². The van der Waals surface area contributed by atoms with E-state index in [0.29, 0.717) is 25.3 Å². The highest BCUT2D eigenvalue weighted by Crippen LogP contribution is 2.31. The first-order valence-electron chi connectivity index (χ1n) is 13.0. The number of Topliss-reactive ketones (excluding diaryl/α,β-unsaturated/α-hetero) is 1. The minimum Gasteiger partial charge on any atom is -0.480 e. The summed E-state index contributed by atoms with van der Waals surface area (Å²) >= 11 is 0. The van der Waals surface area contributed by atoms with E-state index in [0.717, 1.165) is 44.9 Å². The molecular formula is C30H39NO4. The largest absolute Gasteiger partial charge is 0.480 e. The summed E-state index contributed by atoms with van der Waals surface area (Å²) in [6.45, 7) is 3.98. The molecule has 0 spiro atoms. The van der Waals surface area contributed by atoms with Crippen LogP contribution in [0.5, 0.6) is 0 Å². The number of likely N-dealkylation sites (tertiary alicyclic amines) is 1. The normalized spacial score (nSPS) is 17.1. The first kappa shape index (κ1) is 26.7. The van der Waals surface area contributed by atoms with Crippen LogP contribution in [0.25, 0.3) is 0 Å². The van der Waals surface area contributed by atoms with Crippen molar-refractivity contribution in [3.05, 3.63) is 71.8 Å². The van der Waals surface area contributed by atoms with Gasteiger partial charge in [-0.1, -0.05) is 87.4 Å². The lowest BCUT2D eigenvalue weighted by Gasteiger charge is -2.34. The Morgan fingerprint density at radius 1 is 0.943 bits per heavy atom. The molecule has 188 valence electrons. The molecule has 1 saturated heterocycles. The van der Waals surface area contributed by atoms with Crippen molar-refractivity contribution < 1.29 is 19.5 Å². The molecule has 1 aliphatic rings. The molecule has 2 atom stereocenters. The maximum atomic E-state index is 13.1. The molecule has 5 nitrogen and oxygen atoms in total. The highest BCUT2D eigenvalue weighted by atomic mass is 16.4. The van der Waals surface area contributed by atoms with Crippen molar-refractivity contribution in [1.29, 1.82) is 0 Å². The van der Waals surface area contributed by atoms with Crippen LogP contribution in [0.2, 0.25) is 0 Å². The fourth-order valence-corrected chi connectivity index (χ4v) is 5.11. The number of piperidine rings is 1. The van der Waals surface area contributed by atoms with E-state index in [-0.39, 0.29) is 0 Å². The van der Waals surface area contributed by atoms with Gasteiger partial charge in [-0.3, -0.25) is 9.59 Å². The van der Waals surface area contributed by atoms with Gasteiger partial charge in [0.05, 0.1) is 0 Å². The zero-order valence-electron chi connectivity index (χ0n) is 21.1. The van der Waals surface area contributed by atoms with Gasteiger partial charge >= 0.3 is 5.97 Å². The number of ketones is 1. The van der Waals surface area contributed by atoms with Crippen molar-refractivity contribution in [3.63, 3.8) is 0 Å². The molecule has 3 rings (SSSR count). The number of hydrogen-bond donors (Lipinski definition) is 1. The molecule has 1 heterocycles. The molecule has 1 fully saturated rings. The quantitative estimate of drug-likeness (QED) is 0.299. The third kappa shape index (κ3) is 7.51. The van der Waals surface area contributed by atoms with Crippen molar-refractivity contribution in [3.8, 4) is 0 Å². The second kappa shape index (κ2) is 12.7. The maximum absolute atomic E-state index is 13.1. The Bertz CT molecular complexity index is 970. The number of benzene rings is 2. The van der Waals surface area contributed by atoms with Gasteiger partial charge < -0.3 is 10.0 Å². The Morgan fingerprint density at radius 2 is 1.60 bits per heavy atom. The standard InChI is InChI=1S/C30H39NO4/c1-30(2,27(32)28(33)31-22-12-10-18-26(31)29(34)35)21-11-9-17-25(24-15-7-4-8-16-24)20-19-23-13-5-3-6-14-23/h3-8,13-16,25-26H,9-12,17-22H2,1-2H3,(H,34,35). The zero-order chi connectivity index (χ0) is 25.3. The molecule has 0 bridgehead atoms. The van der Waals surface area contributed by atoms with Gasteiger partial charge in [0.2, 0.25) is 5.78 Å². The van der Waals surface area contributed by atoms with E-state index in [1.807, 2.05) is 26.0 Å². The summed E-state index contributed by atoms with van der Waals surface area (Å²) in [7, 11) is 0. The second-order valence-electron chi connectivity index (χ2n) is 10.4. The van der Waals surface area contributed by atoms with Crippen molar-refractivity contribution >= 4 is 17.7 Å². The number of carbonyl (C=O) groups is 3. The molecule has 1 amide bonds. The zero-order valence-corrected chi connectivity index (χ0v) is 21.1. The summed E-state index contributed by atoms with van der Waals surface area (Å²) in [6.07, 6.45) is 7.49. The van der Waals surface area contributed by atoms with Crippen LogP contribution in [-0.4, -0.2) is 40.3 Å². The monoisotopic (exact) mass is 477 g/mol. The van der Waals surface area contributed by atoms with Crippen LogP contribution in [0.15, 0.2) is 60.7 Å². The number of aliphatic carboxylic acids is 1. The van der Waals surface area contributed by atoms with E-state index in [1.165, 1.54) is 16.0 Å². The number of amides is 1. The molecular weight excluding hydrogens is 438 g/mol. The smallest absolute Gasteiger partial charge is 0.326 e. The van der Waals surface area contributed by atoms with E-state index in [2.05, 4.69) is 48.5 Å². The Kier molecular flexibility index (Phi) is 9.64. The van der Waals surface area contributed by atoms with Crippen LogP contribution >= 0.6 is 0 Å². The number of aryl methyl sites for hydroxylation is 1. The summed E-state index contributed by atoms with van der Waals surface area (Å²) in [6, 6.07) is 20.3. The molecule has 0 aliphatic carbocycles. The predicted molar refractivity (Wildman–Crippen MR) is 138 cm³/mol. The lowest BCUT2D eigenvalue weighted by Crippen LogP contribution is -2.52. The predicted octanol–water partition coefficient (Wildman–Crippen LogP) is 6.02. The number of unbranched alkanes of at least 4 members (excludes halogenated alkanes) is 1. The summed E-state index contributed by atoms with van der Waals surface area (Å²) < 4.78 is 0. The minimum absolute atomic E-state index is 0.345. The lowest BCUT2D eigenvalue weighted by atomic mass is 9.80. The average Bonchev–Trinajstić information content (AvgIpc) is 2.88. The highest BCUT2D eigenvalue weighted by molar-refractivity contribution is 6.38. The van der Waals surface area contributed by atoms with Gasteiger partial charge in [0.1, 0.15) is 6.04 Å². The summed E-state index contributed by atoms with van der Waals surface area (Å²) in [5.74, 6) is -1.67. The van der Waals surface area contributed by atoms with E-state index >= 15 is 0 Å². The fraction of sp³-hybridized carbons (Fsp3) is 0.500. The first-order valence-corrected chi connectivity index (χ1v) is 13.0. The van der Waals surface area contributed by atoms with Crippen LogP contribution in [0.1, 0.15) is 82.3 Å². The number of hydrogen-bond acceptors (Lipinski definition) is 3. The molecule has 1 aliphatic heterocycles. The molecule has 0 aromatic heterocycles. The Labute approximate surface area is 209 Å². The van der Waals surface area contributed by atoms with Crippen molar-refractivity contribution in [1.82, 2.24) is 4.90 Å². The van der Waals surface area contributed by atoms with Gasteiger partial charge in [0.25, 0.3) is 5.91 Å². The highest BCUT2D eigenvalue weighted by Gasteiger charge is 2.40. The van der Waals surface area contributed by atoms with Crippen LogP contribution < -0.4 is 0 Å². The molecule has 2 unspecified atom stereocenters. The van der Waals surface area contributed by atoms with E-state index in [4.69, 9.17) is 0 Å². The van der Waals surface area contributed by atoms with Crippen molar-refractivity contribution in [2.24, 2.45) is 5.41 Å². The van der Waals surface area contributed by atoms with E-state index < -0.39 is 29.1 Å². The number of rotatable bonds is 12. The fourth-order valence-electron chi connectivity index (χ4n) is 5.11.